The molecule has 4 nitrogen and oxygen atoms in total. The van der Waals surface area contributed by atoms with E-state index in [9.17, 15) is 13.2 Å². The predicted octanol–water partition coefficient (Wildman–Crippen LogP) is 3.20. The number of sulfone groups is 1. The van der Waals surface area contributed by atoms with Crippen molar-refractivity contribution in [1.82, 2.24) is 4.90 Å². The van der Waals surface area contributed by atoms with E-state index >= 15 is 0 Å². The first-order chi connectivity index (χ1) is 11.5. The van der Waals surface area contributed by atoms with Crippen LogP contribution in [0.5, 0.6) is 0 Å². The summed E-state index contributed by atoms with van der Waals surface area (Å²) in [6.45, 7) is 3.31. The van der Waals surface area contributed by atoms with Crippen LogP contribution in [-0.4, -0.2) is 37.6 Å². The number of carbonyl (C=O) groups is 1. The van der Waals surface area contributed by atoms with Crippen LogP contribution in [0.2, 0.25) is 0 Å². The van der Waals surface area contributed by atoms with Crippen LogP contribution in [0.15, 0.2) is 29.2 Å². The molecule has 3 rings (SSSR count). The maximum atomic E-state index is 12.6. The van der Waals surface area contributed by atoms with E-state index in [1.807, 2.05) is 17.0 Å². The number of piperidine rings is 1. The molecule has 5 heteroatoms. The quantitative estimate of drug-likeness (QED) is 0.839. The number of hydrogen-bond acceptors (Lipinski definition) is 3. The molecule has 1 amide bonds. The lowest BCUT2D eigenvalue weighted by Crippen LogP contribution is -2.37. The second kappa shape index (κ2) is 7.26. The largest absolute Gasteiger partial charge is 0.343 e. The summed E-state index contributed by atoms with van der Waals surface area (Å²) in [4.78, 5) is 13.8. The van der Waals surface area contributed by atoms with Crippen LogP contribution < -0.4 is 0 Å². The average Bonchev–Trinajstić information content (AvgIpc) is 3.11. The van der Waals surface area contributed by atoms with E-state index < -0.39 is 9.84 Å². The normalized spacial score (nSPS) is 20.5. The zero-order valence-electron chi connectivity index (χ0n) is 14.4. The third kappa shape index (κ3) is 3.82. The summed E-state index contributed by atoms with van der Waals surface area (Å²) in [5.74, 6) is 0.743. The molecule has 0 N–H and O–H groups in total. The number of amides is 1. The predicted molar refractivity (Wildman–Crippen MR) is 94.6 cm³/mol. The lowest BCUT2D eigenvalue weighted by Gasteiger charge is -2.31. The molecular formula is C19H27NO3S. The Kier molecular flexibility index (Phi) is 5.28. The van der Waals surface area contributed by atoms with Gasteiger partial charge >= 0.3 is 0 Å². The maximum absolute atomic E-state index is 12.6. The summed E-state index contributed by atoms with van der Waals surface area (Å²) in [6, 6.07) is 7.51. The van der Waals surface area contributed by atoms with Crippen LogP contribution in [0.1, 0.15) is 51.0 Å². The molecular weight excluding hydrogens is 322 g/mol. The number of rotatable bonds is 4. The molecule has 1 aliphatic carbocycles. The number of carbonyl (C=O) groups excluding carboxylic acids is 1. The zero-order valence-corrected chi connectivity index (χ0v) is 15.2. The Morgan fingerprint density at radius 1 is 1.04 bits per heavy atom. The number of nitrogens with zero attached hydrogens (tertiary/aromatic N) is 1. The van der Waals surface area contributed by atoms with E-state index in [1.54, 1.807) is 19.1 Å². The fourth-order valence-electron chi connectivity index (χ4n) is 3.99. The van der Waals surface area contributed by atoms with Crippen molar-refractivity contribution in [3.8, 4) is 0 Å². The van der Waals surface area contributed by atoms with Gasteiger partial charge in [0.15, 0.2) is 9.84 Å². The number of benzene rings is 1. The molecule has 0 unspecified atom stereocenters. The van der Waals surface area contributed by atoms with Crippen LogP contribution in [0.25, 0.3) is 0 Å². The van der Waals surface area contributed by atoms with Gasteiger partial charge in [0.05, 0.1) is 10.1 Å². The van der Waals surface area contributed by atoms with Crippen LogP contribution in [0.4, 0.5) is 0 Å². The molecule has 1 saturated heterocycles. The van der Waals surface area contributed by atoms with E-state index in [0.717, 1.165) is 58.0 Å². The van der Waals surface area contributed by atoms with Gasteiger partial charge in [-0.25, -0.2) is 8.42 Å². The van der Waals surface area contributed by atoms with E-state index in [0.29, 0.717) is 10.8 Å². The monoisotopic (exact) mass is 349 g/mol. The first-order valence-electron chi connectivity index (χ1n) is 9.05. The molecule has 2 aliphatic rings. The van der Waals surface area contributed by atoms with Crippen molar-refractivity contribution in [3.05, 3.63) is 29.8 Å². The van der Waals surface area contributed by atoms with Crippen molar-refractivity contribution in [2.24, 2.45) is 5.92 Å². The number of likely N-dealkylation sites (tertiary alicyclic amines) is 1. The summed E-state index contributed by atoms with van der Waals surface area (Å²) < 4.78 is 25.2. The molecule has 1 aromatic rings. The minimum absolute atomic E-state index is 0.162. The van der Waals surface area contributed by atoms with E-state index in [-0.39, 0.29) is 11.2 Å². The molecule has 0 radical (unpaired) electrons. The van der Waals surface area contributed by atoms with Gasteiger partial charge in [0.1, 0.15) is 0 Å². The van der Waals surface area contributed by atoms with Crippen molar-refractivity contribution in [3.63, 3.8) is 0 Å². The van der Waals surface area contributed by atoms with Crippen molar-refractivity contribution < 1.29 is 13.2 Å². The Bertz CT molecular complexity index is 667. The minimum Gasteiger partial charge on any atom is -0.343 e. The molecule has 1 aliphatic heterocycles. The van der Waals surface area contributed by atoms with Gasteiger partial charge in [-0.3, -0.25) is 4.79 Å². The van der Waals surface area contributed by atoms with Crippen LogP contribution in [-0.2, 0) is 21.1 Å². The molecule has 132 valence electrons. The minimum atomic E-state index is -3.15. The van der Waals surface area contributed by atoms with Gasteiger partial charge in [0.25, 0.3) is 0 Å². The van der Waals surface area contributed by atoms with Gasteiger partial charge in [0.2, 0.25) is 5.91 Å². The fraction of sp³-hybridized carbons (Fsp3) is 0.632. The highest BCUT2D eigenvalue weighted by molar-refractivity contribution is 7.92. The average molecular weight is 349 g/mol. The Hall–Kier alpha value is -1.36. The lowest BCUT2D eigenvalue weighted by atomic mass is 9.90. The number of hydrogen-bond donors (Lipinski definition) is 0. The Labute approximate surface area is 145 Å². The molecule has 0 atom stereocenters. The smallest absolute Gasteiger partial charge is 0.219 e. The van der Waals surface area contributed by atoms with E-state index in [1.165, 1.54) is 5.56 Å². The second-order valence-electron chi connectivity index (χ2n) is 7.25. The van der Waals surface area contributed by atoms with Crippen molar-refractivity contribution in [2.75, 3.05) is 13.1 Å². The van der Waals surface area contributed by atoms with E-state index in [2.05, 4.69) is 0 Å². The van der Waals surface area contributed by atoms with Gasteiger partial charge in [0, 0.05) is 20.0 Å². The summed E-state index contributed by atoms with van der Waals surface area (Å²) in [6.07, 6.45) is 6.69. The standard InChI is InChI=1S/C19H27NO3S/c1-15(21)20-12-10-17(11-13-20)14-16-6-8-19(9-7-16)24(22,23)18-4-2-3-5-18/h6-9,17-18H,2-5,10-14H2,1H3. The van der Waals surface area contributed by atoms with Crippen molar-refractivity contribution in [2.45, 2.75) is 62.0 Å². The molecule has 24 heavy (non-hydrogen) atoms. The third-order valence-electron chi connectivity index (χ3n) is 5.58. The van der Waals surface area contributed by atoms with Crippen LogP contribution in [0, 0.1) is 5.92 Å². The van der Waals surface area contributed by atoms with E-state index in [4.69, 9.17) is 0 Å². The molecule has 0 spiro atoms. The summed E-state index contributed by atoms with van der Waals surface area (Å²) >= 11 is 0. The molecule has 0 aromatic heterocycles. The van der Waals surface area contributed by atoms with Crippen molar-refractivity contribution in [1.29, 1.82) is 0 Å². The highest BCUT2D eigenvalue weighted by Crippen LogP contribution is 2.30. The second-order valence-corrected chi connectivity index (χ2v) is 9.48. The van der Waals surface area contributed by atoms with Gasteiger partial charge in [-0.05, 0) is 55.7 Å². The first-order valence-corrected chi connectivity index (χ1v) is 10.6. The molecule has 1 saturated carbocycles. The zero-order chi connectivity index (χ0) is 17.2. The first kappa shape index (κ1) is 17.5. The van der Waals surface area contributed by atoms with Crippen molar-refractivity contribution >= 4 is 15.7 Å². The maximum Gasteiger partial charge on any atom is 0.219 e. The highest BCUT2D eigenvalue weighted by Gasteiger charge is 2.30. The molecule has 0 bridgehead atoms. The van der Waals surface area contributed by atoms with Gasteiger partial charge in [-0.1, -0.05) is 25.0 Å². The Balaban J connectivity index is 1.60. The molecule has 1 heterocycles. The lowest BCUT2D eigenvalue weighted by molar-refractivity contribution is -0.130. The van der Waals surface area contributed by atoms with Gasteiger partial charge in [-0.2, -0.15) is 0 Å². The summed E-state index contributed by atoms with van der Waals surface area (Å²) in [5, 5.41) is -0.181. The third-order valence-corrected chi connectivity index (χ3v) is 7.86. The topological polar surface area (TPSA) is 54.5 Å². The highest BCUT2D eigenvalue weighted by atomic mass is 32.2. The summed E-state index contributed by atoms with van der Waals surface area (Å²) in [5.41, 5.74) is 1.20. The van der Waals surface area contributed by atoms with Crippen LogP contribution >= 0.6 is 0 Å². The van der Waals surface area contributed by atoms with Crippen LogP contribution in [0.3, 0.4) is 0 Å². The fourth-order valence-corrected chi connectivity index (χ4v) is 5.85. The van der Waals surface area contributed by atoms with Gasteiger partial charge in [-0.15, -0.1) is 0 Å². The summed E-state index contributed by atoms with van der Waals surface area (Å²) in [7, 11) is -3.15. The van der Waals surface area contributed by atoms with Gasteiger partial charge < -0.3 is 4.90 Å². The molecule has 2 fully saturated rings. The molecule has 1 aromatic carbocycles. The SMILES string of the molecule is CC(=O)N1CCC(Cc2ccc(S(=O)(=O)C3CCCC3)cc2)CC1. The Morgan fingerprint density at radius 2 is 1.62 bits per heavy atom. The Morgan fingerprint density at radius 3 is 2.17 bits per heavy atom.